The Morgan fingerprint density at radius 1 is 1.31 bits per heavy atom. The van der Waals surface area contributed by atoms with Gasteiger partial charge in [-0.1, -0.05) is 32.0 Å². The second-order valence-electron chi connectivity index (χ2n) is 3.14. The first-order valence-electron chi connectivity index (χ1n) is 5.65. The zero-order valence-electron chi connectivity index (χ0n) is 9.86. The maximum atomic E-state index is 8.58. The lowest BCUT2D eigenvalue weighted by Crippen LogP contribution is -1.98. The Bertz CT molecular complexity index is 414. The van der Waals surface area contributed by atoms with Gasteiger partial charge in [-0.3, -0.25) is 0 Å². The maximum absolute atomic E-state index is 8.58. The Morgan fingerprint density at radius 2 is 2.06 bits per heavy atom. The predicted molar refractivity (Wildman–Crippen MR) is 68.5 cm³/mol. The van der Waals surface area contributed by atoms with E-state index < -0.39 is 0 Å². The summed E-state index contributed by atoms with van der Waals surface area (Å²) in [5.41, 5.74) is 2.25. The molecule has 0 spiro atoms. The molecule has 0 saturated carbocycles. The molecule has 0 amide bonds. The van der Waals surface area contributed by atoms with Gasteiger partial charge in [0.1, 0.15) is 0 Å². The summed E-state index contributed by atoms with van der Waals surface area (Å²) in [5, 5.41) is 9.76. The molecular formula is C13H21NO2. The van der Waals surface area contributed by atoms with Crippen LogP contribution in [0.25, 0.3) is 10.9 Å². The highest BCUT2D eigenvalue weighted by Gasteiger charge is 2.01. The number of aliphatic hydroxyl groups is 1. The smallest absolute Gasteiger partial charge is 0.0738 e. The Balaban J connectivity index is 0.000000811. The van der Waals surface area contributed by atoms with Gasteiger partial charge < -0.3 is 14.8 Å². The van der Waals surface area contributed by atoms with E-state index in [0.717, 1.165) is 11.1 Å². The molecule has 3 heteroatoms. The summed E-state index contributed by atoms with van der Waals surface area (Å²) in [5.74, 6) is 0. The van der Waals surface area contributed by atoms with Crippen LogP contribution in [-0.2, 0) is 11.3 Å². The number of aromatic nitrogens is 1. The van der Waals surface area contributed by atoms with Gasteiger partial charge in [-0.05, 0) is 6.07 Å². The van der Waals surface area contributed by atoms with Crippen LogP contribution in [0.3, 0.4) is 0 Å². The standard InChI is InChI=1S/C11H13NO2.C2H6.H2/c13-5-6-14-8-9-7-12-11-4-2-1-3-10(9)11;1-2;/h1-4,7,12-13H,5-6,8H2;1-2H3;1H. The average Bonchev–Trinajstić information content (AvgIpc) is 2.76. The summed E-state index contributed by atoms with van der Waals surface area (Å²) >= 11 is 0. The number of para-hydroxylation sites is 1. The molecule has 1 aromatic carbocycles. The molecule has 90 valence electrons. The van der Waals surface area contributed by atoms with E-state index in [4.69, 9.17) is 9.84 Å². The van der Waals surface area contributed by atoms with Gasteiger partial charge in [0, 0.05) is 24.1 Å². The lowest BCUT2D eigenvalue weighted by molar-refractivity contribution is 0.0822. The molecule has 2 aromatic rings. The highest BCUT2D eigenvalue weighted by atomic mass is 16.5. The molecule has 0 saturated heterocycles. The van der Waals surface area contributed by atoms with Gasteiger partial charge in [-0.25, -0.2) is 0 Å². The first-order valence-corrected chi connectivity index (χ1v) is 5.65. The molecule has 0 aliphatic heterocycles. The number of ether oxygens (including phenoxy) is 1. The van der Waals surface area contributed by atoms with Gasteiger partial charge in [0.15, 0.2) is 0 Å². The number of hydrogen-bond donors (Lipinski definition) is 2. The minimum Gasteiger partial charge on any atom is -0.394 e. The van der Waals surface area contributed by atoms with Crippen molar-refractivity contribution in [2.45, 2.75) is 20.5 Å². The highest BCUT2D eigenvalue weighted by molar-refractivity contribution is 5.82. The summed E-state index contributed by atoms with van der Waals surface area (Å²) in [6.45, 7) is 5.01. The summed E-state index contributed by atoms with van der Waals surface area (Å²) in [6, 6.07) is 8.09. The number of benzene rings is 1. The molecule has 1 heterocycles. The maximum Gasteiger partial charge on any atom is 0.0738 e. The summed E-state index contributed by atoms with van der Waals surface area (Å²) in [7, 11) is 0. The molecule has 1 aromatic heterocycles. The van der Waals surface area contributed by atoms with Crippen LogP contribution in [0.2, 0.25) is 0 Å². The molecule has 3 nitrogen and oxygen atoms in total. The van der Waals surface area contributed by atoms with Crippen LogP contribution in [0.1, 0.15) is 20.8 Å². The number of aliphatic hydroxyl groups excluding tert-OH is 1. The quantitative estimate of drug-likeness (QED) is 0.783. The molecule has 0 radical (unpaired) electrons. The zero-order valence-corrected chi connectivity index (χ0v) is 9.86. The summed E-state index contributed by atoms with van der Waals surface area (Å²) < 4.78 is 5.27. The Morgan fingerprint density at radius 3 is 2.81 bits per heavy atom. The number of fused-ring (bicyclic) bond motifs is 1. The highest BCUT2D eigenvalue weighted by Crippen LogP contribution is 2.17. The third-order valence-electron chi connectivity index (χ3n) is 2.17. The van der Waals surface area contributed by atoms with E-state index >= 15 is 0 Å². The number of aromatic amines is 1. The first kappa shape index (κ1) is 12.7. The fraction of sp³-hybridized carbons (Fsp3) is 0.385. The Labute approximate surface area is 97.5 Å². The normalized spacial score (nSPS) is 9.94. The largest absolute Gasteiger partial charge is 0.394 e. The van der Waals surface area contributed by atoms with Crippen molar-refractivity contribution in [1.29, 1.82) is 0 Å². The van der Waals surface area contributed by atoms with Crippen LogP contribution < -0.4 is 0 Å². The molecule has 2 rings (SSSR count). The van der Waals surface area contributed by atoms with E-state index in [1.54, 1.807) is 0 Å². The molecule has 16 heavy (non-hydrogen) atoms. The van der Waals surface area contributed by atoms with Crippen molar-refractivity contribution in [2.24, 2.45) is 0 Å². The van der Waals surface area contributed by atoms with Gasteiger partial charge in [0.2, 0.25) is 0 Å². The Kier molecular flexibility index (Phi) is 5.61. The fourth-order valence-electron chi connectivity index (χ4n) is 1.50. The van der Waals surface area contributed by atoms with Crippen LogP contribution in [0, 0.1) is 0 Å². The van der Waals surface area contributed by atoms with Crippen LogP contribution in [0.4, 0.5) is 0 Å². The third kappa shape index (κ3) is 3.08. The zero-order chi connectivity index (χ0) is 11.8. The summed E-state index contributed by atoms with van der Waals surface area (Å²) in [4.78, 5) is 3.17. The third-order valence-corrected chi connectivity index (χ3v) is 2.17. The van der Waals surface area contributed by atoms with Crippen molar-refractivity contribution < 1.29 is 11.3 Å². The molecule has 0 bridgehead atoms. The molecule has 0 fully saturated rings. The van der Waals surface area contributed by atoms with Crippen LogP contribution >= 0.6 is 0 Å². The number of H-pyrrole nitrogens is 1. The van der Waals surface area contributed by atoms with Crippen LogP contribution in [0.15, 0.2) is 30.5 Å². The van der Waals surface area contributed by atoms with Gasteiger partial charge in [-0.15, -0.1) is 0 Å². The summed E-state index contributed by atoms with van der Waals surface area (Å²) in [6.07, 6.45) is 1.95. The van der Waals surface area contributed by atoms with Gasteiger partial charge in [0.05, 0.1) is 19.8 Å². The van der Waals surface area contributed by atoms with Crippen LogP contribution in [-0.4, -0.2) is 23.3 Å². The van der Waals surface area contributed by atoms with E-state index in [9.17, 15) is 0 Å². The van der Waals surface area contributed by atoms with E-state index in [0.29, 0.717) is 13.2 Å². The van der Waals surface area contributed by atoms with Crippen molar-refractivity contribution >= 4 is 10.9 Å². The van der Waals surface area contributed by atoms with Gasteiger partial charge in [-0.2, -0.15) is 0 Å². The minimum atomic E-state index is 0. The van der Waals surface area contributed by atoms with E-state index in [2.05, 4.69) is 11.1 Å². The van der Waals surface area contributed by atoms with Crippen LogP contribution in [0.5, 0.6) is 0 Å². The second kappa shape index (κ2) is 7.04. The number of nitrogens with one attached hydrogen (secondary N) is 1. The molecule has 2 N–H and O–H groups in total. The fourth-order valence-corrected chi connectivity index (χ4v) is 1.50. The lowest BCUT2D eigenvalue weighted by atomic mass is 10.2. The first-order chi connectivity index (χ1) is 7.92. The minimum absolute atomic E-state index is 0. The van der Waals surface area contributed by atoms with Crippen molar-refractivity contribution in [3.8, 4) is 0 Å². The SMILES string of the molecule is CC.OCCOCc1c[nH]c2ccccc12.[HH]. The Hall–Kier alpha value is -1.32. The second-order valence-corrected chi connectivity index (χ2v) is 3.14. The molecule has 0 aliphatic rings. The van der Waals surface area contributed by atoms with Crippen molar-refractivity contribution in [1.82, 2.24) is 4.98 Å². The molecular weight excluding hydrogens is 202 g/mol. The average molecular weight is 223 g/mol. The number of hydrogen-bond acceptors (Lipinski definition) is 2. The molecule has 0 unspecified atom stereocenters. The van der Waals surface area contributed by atoms with E-state index in [1.165, 1.54) is 5.39 Å². The van der Waals surface area contributed by atoms with Gasteiger partial charge in [0.25, 0.3) is 0 Å². The van der Waals surface area contributed by atoms with E-state index in [1.807, 2.05) is 38.2 Å². The van der Waals surface area contributed by atoms with Crippen molar-refractivity contribution in [2.75, 3.05) is 13.2 Å². The predicted octanol–water partition coefficient (Wildman–Crippen LogP) is 2.95. The lowest BCUT2D eigenvalue weighted by Gasteiger charge is -1.99. The van der Waals surface area contributed by atoms with E-state index in [-0.39, 0.29) is 8.03 Å². The topological polar surface area (TPSA) is 45.2 Å². The monoisotopic (exact) mass is 223 g/mol. The van der Waals surface area contributed by atoms with Crippen molar-refractivity contribution in [3.05, 3.63) is 36.0 Å². The molecule has 0 atom stereocenters. The molecule has 0 aliphatic carbocycles. The van der Waals surface area contributed by atoms with Gasteiger partial charge >= 0.3 is 0 Å². The number of rotatable bonds is 4. The van der Waals surface area contributed by atoms with Crippen molar-refractivity contribution in [3.63, 3.8) is 0 Å².